The molecule has 1 N–H and O–H groups in total. The first kappa shape index (κ1) is 27.7. The van der Waals surface area contributed by atoms with Crippen molar-refractivity contribution in [1.82, 2.24) is 5.32 Å². The van der Waals surface area contributed by atoms with Crippen molar-refractivity contribution >= 4 is 21.6 Å². The number of hydrogen-bond donors (Lipinski definition) is 1. The standard InChI is InChI=1S/C27H32N2O7S/c1-5-35-22-12-10-21(11-13-22)29(37(31,32)23-14-15-25(33-3)26(18-23)34-4)19-27(30)28-16-17-36-24-9-7-6-8-20(24)2/h6-15,18H,5,16-17,19H2,1-4H3,(H,28,30). The van der Waals surface area contributed by atoms with Crippen LogP contribution in [0.4, 0.5) is 5.69 Å². The third-order valence-corrected chi connectivity index (χ3v) is 7.21. The highest BCUT2D eigenvalue weighted by Gasteiger charge is 2.28. The molecule has 0 atom stereocenters. The molecule has 0 saturated carbocycles. The zero-order chi connectivity index (χ0) is 26.8. The van der Waals surface area contributed by atoms with Gasteiger partial charge in [-0.2, -0.15) is 0 Å². The van der Waals surface area contributed by atoms with Crippen LogP contribution in [-0.4, -0.2) is 54.8 Å². The van der Waals surface area contributed by atoms with Crippen LogP contribution in [0, 0.1) is 6.92 Å². The Morgan fingerprint density at radius 3 is 2.24 bits per heavy atom. The molecule has 0 radical (unpaired) electrons. The summed E-state index contributed by atoms with van der Waals surface area (Å²) in [4.78, 5) is 12.8. The first-order valence-electron chi connectivity index (χ1n) is 11.7. The number of anilines is 1. The molecule has 0 saturated heterocycles. The molecule has 0 aliphatic carbocycles. The second-order valence-electron chi connectivity index (χ2n) is 7.92. The average Bonchev–Trinajstić information content (AvgIpc) is 2.91. The van der Waals surface area contributed by atoms with E-state index in [0.29, 0.717) is 23.8 Å². The Kier molecular flexibility index (Phi) is 9.62. The van der Waals surface area contributed by atoms with Crippen molar-refractivity contribution in [3.8, 4) is 23.0 Å². The van der Waals surface area contributed by atoms with Gasteiger partial charge in [0, 0.05) is 6.07 Å². The smallest absolute Gasteiger partial charge is 0.264 e. The van der Waals surface area contributed by atoms with Crippen LogP contribution in [0.15, 0.2) is 71.6 Å². The molecule has 37 heavy (non-hydrogen) atoms. The van der Waals surface area contributed by atoms with E-state index in [0.717, 1.165) is 15.6 Å². The van der Waals surface area contributed by atoms with E-state index in [-0.39, 0.29) is 23.8 Å². The molecule has 0 aliphatic rings. The molecule has 0 aliphatic heterocycles. The first-order valence-corrected chi connectivity index (χ1v) is 13.2. The lowest BCUT2D eigenvalue weighted by Crippen LogP contribution is -2.42. The third-order valence-electron chi connectivity index (χ3n) is 5.44. The first-order chi connectivity index (χ1) is 17.8. The number of nitrogens with one attached hydrogen (secondary N) is 1. The van der Waals surface area contributed by atoms with Crippen LogP contribution in [0.3, 0.4) is 0 Å². The van der Waals surface area contributed by atoms with E-state index in [9.17, 15) is 13.2 Å². The molecule has 0 unspecified atom stereocenters. The summed E-state index contributed by atoms with van der Waals surface area (Å²) >= 11 is 0. The molecule has 9 nitrogen and oxygen atoms in total. The van der Waals surface area contributed by atoms with Gasteiger partial charge >= 0.3 is 0 Å². The fourth-order valence-electron chi connectivity index (χ4n) is 3.55. The Morgan fingerprint density at radius 2 is 1.59 bits per heavy atom. The van der Waals surface area contributed by atoms with E-state index in [1.165, 1.54) is 32.4 Å². The van der Waals surface area contributed by atoms with Gasteiger partial charge in [0.2, 0.25) is 5.91 Å². The lowest BCUT2D eigenvalue weighted by Gasteiger charge is -2.25. The SMILES string of the molecule is CCOc1ccc(N(CC(=O)NCCOc2ccccc2C)S(=O)(=O)c2ccc(OC)c(OC)c2)cc1. The van der Waals surface area contributed by atoms with Crippen molar-refractivity contribution in [3.63, 3.8) is 0 Å². The van der Waals surface area contributed by atoms with Crippen LogP contribution in [0.1, 0.15) is 12.5 Å². The maximum Gasteiger partial charge on any atom is 0.264 e. The second kappa shape index (κ2) is 12.9. The van der Waals surface area contributed by atoms with Crippen LogP contribution in [-0.2, 0) is 14.8 Å². The minimum Gasteiger partial charge on any atom is -0.494 e. The number of nitrogens with zero attached hydrogens (tertiary/aromatic N) is 1. The fourth-order valence-corrected chi connectivity index (χ4v) is 4.99. The Labute approximate surface area is 218 Å². The minimum absolute atomic E-state index is 0.0466. The summed E-state index contributed by atoms with van der Waals surface area (Å²) in [7, 11) is -1.26. The number of aryl methyl sites for hydroxylation is 1. The van der Waals surface area contributed by atoms with E-state index in [1.807, 2.05) is 38.1 Å². The van der Waals surface area contributed by atoms with Gasteiger partial charge in [0.25, 0.3) is 10.0 Å². The number of ether oxygens (including phenoxy) is 4. The molecule has 198 valence electrons. The Bertz CT molecular complexity index is 1290. The fraction of sp³-hybridized carbons (Fsp3) is 0.296. The molecular weight excluding hydrogens is 496 g/mol. The molecular formula is C27H32N2O7S. The molecule has 0 aromatic heterocycles. The lowest BCUT2D eigenvalue weighted by molar-refractivity contribution is -0.119. The van der Waals surface area contributed by atoms with Crippen molar-refractivity contribution in [1.29, 1.82) is 0 Å². The largest absolute Gasteiger partial charge is 0.494 e. The monoisotopic (exact) mass is 528 g/mol. The Morgan fingerprint density at radius 1 is 0.892 bits per heavy atom. The number of sulfonamides is 1. The number of benzene rings is 3. The van der Waals surface area contributed by atoms with Crippen LogP contribution < -0.4 is 28.6 Å². The lowest BCUT2D eigenvalue weighted by atomic mass is 10.2. The highest BCUT2D eigenvalue weighted by atomic mass is 32.2. The predicted octanol–water partition coefficient (Wildman–Crippen LogP) is 3.80. The molecule has 0 spiro atoms. The molecule has 10 heteroatoms. The van der Waals surface area contributed by atoms with Crippen molar-refractivity contribution in [2.24, 2.45) is 0 Å². The average molecular weight is 529 g/mol. The van der Waals surface area contributed by atoms with Gasteiger partial charge in [0.05, 0.1) is 38.0 Å². The number of methoxy groups -OCH3 is 2. The highest BCUT2D eigenvalue weighted by Crippen LogP contribution is 2.32. The van der Waals surface area contributed by atoms with Crippen LogP contribution in [0.2, 0.25) is 0 Å². The number of hydrogen-bond acceptors (Lipinski definition) is 7. The van der Waals surface area contributed by atoms with E-state index in [2.05, 4.69) is 5.32 Å². The summed E-state index contributed by atoms with van der Waals surface area (Å²) in [6.07, 6.45) is 0. The number of carbonyl (C=O) groups excluding carboxylic acids is 1. The van der Waals surface area contributed by atoms with Gasteiger partial charge in [-0.15, -0.1) is 0 Å². The number of amides is 1. The van der Waals surface area contributed by atoms with Crippen molar-refractivity contribution in [2.45, 2.75) is 18.7 Å². The summed E-state index contributed by atoms with van der Waals surface area (Å²) in [6.45, 7) is 4.27. The number of para-hydroxylation sites is 1. The molecule has 3 aromatic carbocycles. The van der Waals surface area contributed by atoms with E-state index in [4.69, 9.17) is 18.9 Å². The van der Waals surface area contributed by atoms with Gasteiger partial charge in [-0.05, 0) is 61.9 Å². The van der Waals surface area contributed by atoms with Crippen LogP contribution >= 0.6 is 0 Å². The Hall–Kier alpha value is -3.92. The Balaban J connectivity index is 1.80. The summed E-state index contributed by atoms with van der Waals surface area (Å²) < 4.78 is 50.1. The van der Waals surface area contributed by atoms with Crippen molar-refractivity contribution in [2.75, 3.05) is 44.8 Å². The molecule has 3 rings (SSSR count). The second-order valence-corrected chi connectivity index (χ2v) is 9.78. The van der Waals surface area contributed by atoms with Gasteiger partial charge < -0.3 is 24.3 Å². The van der Waals surface area contributed by atoms with Crippen LogP contribution in [0.5, 0.6) is 23.0 Å². The zero-order valence-corrected chi connectivity index (χ0v) is 22.2. The zero-order valence-electron chi connectivity index (χ0n) is 21.4. The quantitative estimate of drug-likeness (QED) is 0.337. The van der Waals surface area contributed by atoms with Gasteiger partial charge in [-0.3, -0.25) is 9.10 Å². The van der Waals surface area contributed by atoms with Gasteiger partial charge in [-0.1, -0.05) is 18.2 Å². The topological polar surface area (TPSA) is 103 Å². The molecule has 0 heterocycles. The molecule has 3 aromatic rings. The number of rotatable bonds is 13. The highest BCUT2D eigenvalue weighted by molar-refractivity contribution is 7.92. The predicted molar refractivity (Wildman–Crippen MR) is 141 cm³/mol. The number of carbonyl (C=O) groups is 1. The summed E-state index contributed by atoms with van der Waals surface area (Å²) in [5, 5.41) is 2.73. The summed E-state index contributed by atoms with van der Waals surface area (Å²) in [5.74, 6) is 1.48. The molecule has 0 fully saturated rings. The summed E-state index contributed by atoms with van der Waals surface area (Å²) in [6, 6.07) is 18.3. The normalized spacial score (nSPS) is 10.9. The van der Waals surface area contributed by atoms with Gasteiger partial charge in [0.15, 0.2) is 11.5 Å². The van der Waals surface area contributed by atoms with E-state index in [1.54, 1.807) is 24.3 Å². The van der Waals surface area contributed by atoms with Gasteiger partial charge in [-0.25, -0.2) is 8.42 Å². The molecule has 1 amide bonds. The summed E-state index contributed by atoms with van der Waals surface area (Å²) in [5.41, 5.74) is 1.29. The third kappa shape index (κ3) is 7.07. The van der Waals surface area contributed by atoms with Gasteiger partial charge in [0.1, 0.15) is 24.7 Å². The maximum atomic E-state index is 13.7. The molecule has 0 bridgehead atoms. The maximum absolute atomic E-state index is 13.7. The van der Waals surface area contributed by atoms with Crippen molar-refractivity contribution in [3.05, 3.63) is 72.3 Å². The minimum atomic E-state index is -4.15. The van der Waals surface area contributed by atoms with Crippen molar-refractivity contribution < 1.29 is 32.2 Å². The van der Waals surface area contributed by atoms with Crippen LogP contribution in [0.25, 0.3) is 0 Å². The van der Waals surface area contributed by atoms with E-state index >= 15 is 0 Å². The van der Waals surface area contributed by atoms with E-state index < -0.39 is 22.5 Å².